The molecule has 14 rings (SSSR count). The minimum atomic E-state index is -0.386. The molecule has 0 spiro atoms. The SMILES string of the molecule is CC1(OC(=O)COc2ccc(Oc3cc(Oc4ccc(OCC(=O)OC5(C)C6CC7CC(C6)CC5C7)cc4)cc(-n4c5ccccc5c5ccccc54)c3)cc2)C2CC3CC(C2)CC1C3. The molecule has 0 atom stereocenters. The van der Waals surface area contributed by atoms with E-state index in [-0.39, 0.29) is 36.4 Å². The molecule has 9 nitrogen and oxygen atoms in total. The Morgan fingerprint density at radius 3 is 1.20 bits per heavy atom. The van der Waals surface area contributed by atoms with Crippen molar-refractivity contribution in [1.82, 2.24) is 4.57 Å². The van der Waals surface area contributed by atoms with E-state index < -0.39 is 0 Å². The second-order valence-electron chi connectivity index (χ2n) is 20.7. The minimum absolute atomic E-state index is 0.135. The molecule has 9 heteroatoms. The number of hydrogen-bond donors (Lipinski definition) is 0. The summed E-state index contributed by atoms with van der Waals surface area (Å²) in [6, 6.07) is 37.3. The summed E-state index contributed by atoms with van der Waals surface area (Å²) in [5.74, 6) is 7.93. The van der Waals surface area contributed by atoms with E-state index >= 15 is 0 Å². The Hall–Kier alpha value is -5.96. The first-order valence-corrected chi connectivity index (χ1v) is 24.0. The number of nitrogens with zero attached hydrogens (tertiary/aromatic N) is 1. The van der Waals surface area contributed by atoms with Gasteiger partial charge in [0.2, 0.25) is 0 Å². The van der Waals surface area contributed by atoms with E-state index in [4.69, 9.17) is 28.4 Å². The number of ether oxygens (including phenoxy) is 6. The van der Waals surface area contributed by atoms with E-state index in [1.165, 1.54) is 64.2 Å². The van der Waals surface area contributed by atoms with E-state index in [0.29, 0.717) is 58.2 Å². The molecule has 1 heterocycles. The number of carbonyl (C=O) groups is 2. The van der Waals surface area contributed by atoms with Crippen molar-refractivity contribution < 1.29 is 38.0 Å². The lowest BCUT2D eigenvalue weighted by Gasteiger charge is -2.59. The highest BCUT2D eigenvalue weighted by Crippen LogP contribution is 2.60. The molecule has 8 bridgehead atoms. The highest BCUT2D eigenvalue weighted by atomic mass is 16.6. The minimum Gasteiger partial charge on any atom is -0.482 e. The van der Waals surface area contributed by atoms with Crippen molar-refractivity contribution in [3.63, 3.8) is 0 Å². The molecule has 8 aliphatic rings. The number of benzene rings is 5. The summed E-state index contributed by atoms with van der Waals surface area (Å²) < 4.78 is 39.6. The maximum Gasteiger partial charge on any atom is 0.344 e. The van der Waals surface area contributed by atoms with Gasteiger partial charge in [0.05, 0.1) is 16.7 Å². The second kappa shape index (κ2) is 15.9. The Kier molecular flexibility index (Phi) is 9.91. The van der Waals surface area contributed by atoms with Crippen LogP contribution in [0.3, 0.4) is 0 Å². The van der Waals surface area contributed by atoms with Crippen LogP contribution in [0.2, 0.25) is 0 Å². The van der Waals surface area contributed by atoms with Crippen molar-refractivity contribution in [3.8, 4) is 40.2 Å². The normalized spacial score (nSPS) is 30.4. The summed E-state index contributed by atoms with van der Waals surface area (Å²) >= 11 is 0. The molecule has 1 aromatic heterocycles. The lowest BCUT2D eigenvalue weighted by Crippen LogP contribution is -2.58. The lowest BCUT2D eigenvalue weighted by atomic mass is 9.50. The van der Waals surface area contributed by atoms with Crippen molar-refractivity contribution in [3.05, 3.63) is 115 Å². The molecule has 5 aromatic carbocycles. The van der Waals surface area contributed by atoms with Crippen molar-refractivity contribution in [2.45, 2.75) is 89.3 Å². The van der Waals surface area contributed by atoms with E-state index in [1.54, 1.807) is 0 Å². The van der Waals surface area contributed by atoms with Gasteiger partial charge in [-0.25, -0.2) is 9.59 Å². The van der Waals surface area contributed by atoms with Gasteiger partial charge in [0, 0.05) is 29.0 Å². The Labute approximate surface area is 380 Å². The fourth-order valence-electron chi connectivity index (χ4n) is 13.9. The van der Waals surface area contributed by atoms with Gasteiger partial charge in [-0.1, -0.05) is 36.4 Å². The van der Waals surface area contributed by atoms with Crippen LogP contribution in [0.1, 0.15) is 78.1 Å². The smallest absolute Gasteiger partial charge is 0.344 e. The molecule has 0 aliphatic heterocycles. The second-order valence-corrected chi connectivity index (χ2v) is 20.7. The number of para-hydroxylation sites is 2. The van der Waals surface area contributed by atoms with E-state index in [0.717, 1.165) is 51.2 Å². The van der Waals surface area contributed by atoms with Gasteiger partial charge in [0.15, 0.2) is 13.2 Å². The predicted octanol–water partition coefficient (Wildman–Crippen LogP) is 12.6. The first kappa shape index (κ1) is 40.5. The topological polar surface area (TPSA) is 94.5 Å². The Morgan fingerprint density at radius 2 is 0.815 bits per heavy atom. The first-order valence-electron chi connectivity index (χ1n) is 24.0. The number of aromatic nitrogens is 1. The highest BCUT2D eigenvalue weighted by Gasteiger charge is 2.58. The van der Waals surface area contributed by atoms with Gasteiger partial charge in [0.1, 0.15) is 45.7 Å². The maximum absolute atomic E-state index is 13.1. The Bertz CT molecular complexity index is 2530. The van der Waals surface area contributed by atoms with Crippen LogP contribution in [0.5, 0.6) is 34.5 Å². The fourth-order valence-corrected chi connectivity index (χ4v) is 13.9. The van der Waals surface area contributed by atoms with Gasteiger partial charge < -0.3 is 33.0 Å². The van der Waals surface area contributed by atoms with Gasteiger partial charge in [-0.15, -0.1) is 0 Å². The summed E-state index contributed by atoms with van der Waals surface area (Å²) in [6.45, 7) is 4.05. The van der Waals surface area contributed by atoms with Crippen molar-refractivity contribution in [2.75, 3.05) is 13.2 Å². The number of rotatable bonds is 13. The van der Waals surface area contributed by atoms with Crippen LogP contribution in [0.4, 0.5) is 0 Å². The monoisotopic (exact) mass is 871 g/mol. The molecule has 8 fully saturated rings. The molecule has 65 heavy (non-hydrogen) atoms. The summed E-state index contributed by atoms with van der Waals surface area (Å²) in [5.41, 5.74) is 2.22. The molecule has 6 aromatic rings. The van der Waals surface area contributed by atoms with E-state index in [9.17, 15) is 9.59 Å². The average molecular weight is 872 g/mol. The van der Waals surface area contributed by atoms with E-state index in [2.05, 4.69) is 66.9 Å². The van der Waals surface area contributed by atoms with Crippen LogP contribution < -0.4 is 18.9 Å². The average Bonchev–Trinajstić information content (AvgIpc) is 3.64. The summed E-state index contributed by atoms with van der Waals surface area (Å²) in [4.78, 5) is 26.3. The van der Waals surface area contributed by atoms with Crippen molar-refractivity contribution in [2.24, 2.45) is 47.3 Å². The summed E-state index contributed by atoms with van der Waals surface area (Å²) in [6.07, 6.45) is 12.1. The predicted molar refractivity (Wildman–Crippen MR) is 248 cm³/mol. The molecular formula is C56H57NO8. The molecule has 8 saturated carbocycles. The van der Waals surface area contributed by atoms with Crippen LogP contribution in [0, 0.1) is 47.3 Å². The summed E-state index contributed by atoms with van der Waals surface area (Å²) in [5, 5.41) is 2.30. The number of fused-ring (bicyclic) bond motifs is 3. The lowest BCUT2D eigenvalue weighted by molar-refractivity contribution is -0.205. The van der Waals surface area contributed by atoms with Crippen LogP contribution in [-0.2, 0) is 19.1 Å². The van der Waals surface area contributed by atoms with Crippen LogP contribution >= 0.6 is 0 Å². The van der Waals surface area contributed by atoms with Gasteiger partial charge >= 0.3 is 11.9 Å². The number of esters is 2. The molecular weight excluding hydrogens is 815 g/mol. The van der Waals surface area contributed by atoms with Gasteiger partial charge in [-0.05, 0) is 186 Å². The Balaban J connectivity index is 0.742. The van der Waals surface area contributed by atoms with Crippen LogP contribution in [0.15, 0.2) is 115 Å². The van der Waals surface area contributed by atoms with Crippen LogP contribution in [-0.4, -0.2) is 40.9 Å². The molecule has 0 saturated heterocycles. The standard InChI is InChI=1S/C56H57NO8/c1-55(38-21-34-19-35(23-38)24-39(55)22-34)64-53(58)32-60-43-11-15-45(16-12-43)62-47-29-42(57-51-9-5-3-7-49(51)50-8-4-6-10-52(50)57)30-48(31-47)63-46-17-13-44(14-18-46)61-33-54(59)65-56(2)40-25-36-20-37(27-40)28-41(56)26-36/h3-18,29-31,34-41H,19-28,32-33H2,1-2H3. The van der Waals surface area contributed by atoms with Crippen molar-refractivity contribution >= 4 is 33.7 Å². The third-order valence-electron chi connectivity index (χ3n) is 16.7. The van der Waals surface area contributed by atoms with Crippen LogP contribution in [0.25, 0.3) is 27.5 Å². The molecule has 334 valence electrons. The third-order valence-corrected chi connectivity index (χ3v) is 16.7. The third kappa shape index (κ3) is 7.49. The van der Waals surface area contributed by atoms with Gasteiger partial charge in [-0.3, -0.25) is 0 Å². The zero-order chi connectivity index (χ0) is 43.9. The van der Waals surface area contributed by atoms with Gasteiger partial charge in [-0.2, -0.15) is 0 Å². The Morgan fingerprint density at radius 1 is 0.462 bits per heavy atom. The molecule has 0 N–H and O–H groups in total. The number of carbonyl (C=O) groups excluding carboxylic acids is 2. The van der Waals surface area contributed by atoms with Gasteiger partial charge in [0.25, 0.3) is 0 Å². The zero-order valence-electron chi connectivity index (χ0n) is 37.3. The highest BCUT2D eigenvalue weighted by molar-refractivity contribution is 6.09. The molecule has 8 aliphatic carbocycles. The molecule has 0 radical (unpaired) electrons. The quantitative estimate of drug-likeness (QED) is 0.106. The largest absolute Gasteiger partial charge is 0.482 e. The zero-order valence-corrected chi connectivity index (χ0v) is 37.3. The number of hydrogen-bond acceptors (Lipinski definition) is 8. The molecule has 0 amide bonds. The van der Waals surface area contributed by atoms with Crippen molar-refractivity contribution in [1.29, 1.82) is 0 Å². The van der Waals surface area contributed by atoms with E-state index in [1.807, 2.05) is 66.7 Å². The fraction of sp³-hybridized carbons (Fsp3) is 0.429. The summed E-state index contributed by atoms with van der Waals surface area (Å²) in [7, 11) is 0. The maximum atomic E-state index is 13.1. The molecule has 0 unspecified atom stereocenters. The first-order chi connectivity index (χ1) is 31.6.